The molecule has 0 atom stereocenters. The van der Waals surface area contributed by atoms with Gasteiger partial charge in [0.1, 0.15) is 12.4 Å². The summed E-state index contributed by atoms with van der Waals surface area (Å²) in [6.45, 7) is 4.53. The van der Waals surface area contributed by atoms with Gasteiger partial charge in [-0.05, 0) is 43.2 Å². The molecule has 0 radical (unpaired) electrons. The molecule has 0 saturated carbocycles. The van der Waals surface area contributed by atoms with Crippen LogP contribution in [0.5, 0.6) is 11.5 Å². The number of aryl methyl sites for hydroxylation is 2. The van der Waals surface area contributed by atoms with Gasteiger partial charge in [0.2, 0.25) is 0 Å². The molecular formula is C17H18N2O2. The normalized spacial score (nSPS) is 10.8. The highest BCUT2D eigenvalue weighted by Crippen LogP contribution is 2.26. The molecule has 0 bridgehead atoms. The minimum Gasteiger partial charge on any atom is -0.493 e. The Labute approximate surface area is 123 Å². The number of para-hydroxylation sites is 2. The Kier molecular flexibility index (Phi) is 3.52. The van der Waals surface area contributed by atoms with Gasteiger partial charge in [-0.15, -0.1) is 0 Å². The number of hydrogen-bond acceptors (Lipinski definition) is 3. The van der Waals surface area contributed by atoms with Crippen LogP contribution < -0.4 is 9.47 Å². The summed E-state index contributed by atoms with van der Waals surface area (Å²) < 4.78 is 11.1. The van der Waals surface area contributed by atoms with Crippen LogP contribution in [0.1, 0.15) is 17.0 Å². The smallest absolute Gasteiger partial charge is 0.161 e. The van der Waals surface area contributed by atoms with E-state index in [4.69, 9.17) is 9.47 Å². The monoisotopic (exact) mass is 282 g/mol. The van der Waals surface area contributed by atoms with Crippen LogP contribution >= 0.6 is 0 Å². The summed E-state index contributed by atoms with van der Waals surface area (Å²) in [5, 5.41) is 0. The average Bonchev–Trinajstić information content (AvgIpc) is 2.88. The Bertz CT molecular complexity index is 778. The van der Waals surface area contributed by atoms with Gasteiger partial charge in [0.15, 0.2) is 11.5 Å². The van der Waals surface area contributed by atoms with Crippen molar-refractivity contribution in [3.05, 3.63) is 53.3 Å². The van der Waals surface area contributed by atoms with Crippen LogP contribution in [0.25, 0.3) is 11.0 Å². The Morgan fingerprint density at radius 2 is 1.86 bits per heavy atom. The van der Waals surface area contributed by atoms with Crippen molar-refractivity contribution >= 4 is 11.0 Å². The van der Waals surface area contributed by atoms with E-state index in [0.717, 1.165) is 22.6 Å². The summed E-state index contributed by atoms with van der Waals surface area (Å²) >= 11 is 0. The lowest BCUT2D eigenvalue weighted by Crippen LogP contribution is -1.99. The maximum absolute atomic E-state index is 5.79. The summed E-state index contributed by atoms with van der Waals surface area (Å²) in [7, 11) is 1.63. The Balaban J connectivity index is 1.84. The van der Waals surface area contributed by atoms with Crippen LogP contribution in [0.15, 0.2) is 36.4 Å². The number of methoxy groups -OCH3 is 1. The minimum atomic E-state index is 0.382. The predicted octanol–water partition coefficient (Wildman–Crippen LogP) is 3.77. The number of benzene rings is 2. The zero-order valence-electron chi connectivity index (χ0n) is 12.4. The fourth-order valence-electron chi connectivity index (χ4n) is 2.47. The fourth-order valence-corrected chi connectivity index (χ4v) is 2.47. The van der Waals surface area contributed by atoms with Gasteiger partial charge in [-0.3, -0.25) is 0 Å². The van der Waals surface area contributed by atoms with E-state index in [1.807, 2.05) is 24.3 Å². The van der Waals surface area contributed by atoms with E-state index >= 15 is 0 Å². The molecule has 0 aliphatic carbocycles. The minimum absolute atomic E-state index is 0.382. The lowest BCUT2D eigenvalue weighted by atomic mass is 10.1. The van der Waals surface area contributed by atoms with Crippen LogP contribution in [0, 0.1) is 13.8 Å². The quantitative estimate of drug-likeness (QED) is 0.792. The van der Waals surface area contributed by atoms with Crippen molar-refractivity contribution in [3.8, 4) is 11.5 Å². The van der Waals surface area contributed by atoms with E-state index < -0.39 is 0 Å². The number of imidazole rings is 1. The molecule has 2 aromatic carbocycles. The zero-order chi connectivity index (χ0) is 14.8. The molecular weight excluding hydrogens is 264 g/mol. The SMILES string of the molecule is COc1ccccc1OCc1nc2c(C)cc(C)cc2[nH]1. The molecule has 4 heteroatoms. The molecule has 3 aromatic rings. The Morgan fingerprint density at radius 3 is 2.62 bits per heavy atom. The van der Waals surface area contributed by atoms with Crippen molar-refractivity contribution in [1.82, 2.24) is 9.97 Å². The molecule has 0 aliphatic rings. The van der Waals surface area contributed by atoms with Crippen LogP contribution in [0.3, 0.4) is 0 Å². The van der Waals surface area contributed by atoms with Gasteiger partial charge in [-0.1, -0.05) is 18.2 Å². The molecule has 0 amide bonds. The summed E-state index contributed by atoms with van der Waals surface area (Å²) in [6, 6.07) is 11.8. The molecule has 0 fully saturated rings. The standard InChI is InChI=1S/C17H18N2O2/c1-11-8-12(2)17-13(9-11)18-16(19-17)10-21-15-7-5-4-6-14(15)20-3/h4-9H,10H2,1-3H3,(H,18,19). The predicted molar refractivity (Wildman–Crippen MR) is 82.9 cm³/mol. The van der Waals surface area contributed by atoms with Crippen LogP contribution in [0.4, 0.5) is 0 Å². The molecule has 0 spiro atoms. The summed E-state index contributed by atoms with van der Waals surface area (Å²) in [5.74, 6) is 2.25. The van der Waals surface area contributed by atoms with Crippen LogP contribution in [0.2, 0.25) is 0 Å². The van der Waals surface area contributed by atoms with E-state index in [1.165, 1.54) is 11.1 Å². The van der Waals surface area contributed by atoms with Gasteiger partial charge >= 0.3 is 0 Å². The second kappa shape index (κ2) is 5.48. The van der Waals surface area contributed by atoms with Gasteiger partial charge in [0.25, 0.3) is 0 Å². The van der Waals surface area contributed by atoms with E-state index in [0.29, 0.717) is 12.4 Å². The number of fused-ring (bicyclic) bond motifs is 1. The van der Waals surface area contributed by atoms with Crippen molar-refractivity contribution < 1.29 is 9.47 Å². The Morgan fingerprint density at radius 1 is 1.10 bits per heavy atom. The van der Waals surface area contributed by atoms with Crippen molar-refractivity contribution in [2.24, 2.45) is 0 Å². The second-order valence-corrected chi connectivity index (χ2v) is 5.10. The van der Waals surface area contributed by atoms with Crippen molar-refractivity contribution in [2.45, 2.75) is 20.5 Å². The lowest BCUT2D eigenvalue weighted by molar-refractivity contribution is 0.277. The molecule has 0 saturated heterocycles. The molecule has 1 N–H and O–H groups in total. The molecule has 21 heavy (non-hydrogen) atoms. The Hall–Kier alpha value is -2.49. The molecule has 0 aliphatic heterocycles. The van der Waals surface area contributed by atoms with Crippen LogP contribution in [-0.2, 0) is 6.61 Å². The number of nitrogens with zero attached hydrogens (tertiary/aromatic N) is 1. The number of nitrogens with one attached hydrogen (secondary N) is 1. The zero-order valence-corrected chi connectivity index (χ0v) is 12.4. The van der Waals surface area contributed by atoms with E-state index in [9.17, 15) is 0 Å². The number of H-pyrrole nitrogens is 1. The molecule has 1 aromatic heterocycles. The van der Waals surface area contributed by atoms with Gasteiger partial charge in [-0.2, -0.15) is 0 Å². The van der Waals surface area contributed by atoms with E-state index in [2.05, 4.69) is 35.9 Å². The van der Waals surface area contributed by atoms with Crippen molar-refractivity contribution in [2.75, 3.05) is 7.11 Å². The largest absolute Gasteiger partial charge is 0.493 e. The number of rotatable bonds is 4. The number of hydrogen-bond donors (Lipinski definition) is 1. The third kappa shape index (κ3) is 2.70. The second-order valence-electron chi connectivity index (χ2n) is 5.10. The molecule has 108 valence electrons. The first kappa shape index (κ1) is 13.5. The highest BCUT2D eigenvalue weighted by atomic mass is 16.5. The lowest BCUT2D eigenvalue weighted by Gasteiger charge is -2.08. The number of aromatic amines is 1. The first-order chi connectivity index (χ1) is 10.2. The molecule has 3 rings (SSSR count). The van der Waals surface area contributed by atoms with Crippen molar-refractivity contribution in [3.63, 3.8) is 0 Å². The molecule has 4 nitrogen and oxygen atoms in total. The van der Waals surface area contributed by atoms with E-state index in [1.54, 1.807) is 7.11 Å². The topological polar surface area (TPSA) is 47.1 Å². The summed E-state index contributed by atoms with van der Waals surface area (Å²) in [6.07, 6.45) is 0. The molecule has 1 heterocycles. The average molecular weight is 282 g/mol. The van der Waals surface area contributed by atoms with E-state index in [-0.39, 0.29) is 0 Å². The third-order valence-electron chi connectivity index (χ3n) is 3.40. The maximum Gasteiger partial charge on any atom is 0.161 e. The summed E-state index contributed by atoms with van der Waals surface area (Å²) in [4.78, 5) is 7.91. The summed E-state index contributed by atoms with van der Waals surface area (Å²) in [5.41, 5.74) is 4.44. The maximum atomic E-state index is 5.79. The van der Waals surface area contributed by atoms with Gasteiger partial charge in [0.05, 0.1) is 18.1 Å². The third-order valence-corrected chi connectivity index (χ3v) is 3.40. The highest BCUT2D eigenvalue weighted by Gasteiger charge is 2.08. The van der Waals surface area contributed by atoms with Gasteiger partial charge < -0.3 is 14.5 Å². The highest BCUT2D eigenvalue weighted by molar-refractivity contribution is 5.79. The van der Waals surface area contributed by atoms with Gasteiger partial charge in [0, 0.05) is 0 Å². The first-order valence-corrected chi connectivity index (χ1v) is 6.89. The fraction of sp³-hybridized carbons (Fsp3) is 0.235. The van der Waals surface area contributed by atoms with Crippen molar-refractivity contribution in [1.29, 1.82) is 0 Å². The van der Waals surface area contributed by atoms with Gasteiger partial charge in [-0.25, -0.2) is 4.98 Å². The number of aromatic nitrogens is 2. The first-order valence-electron chi connectivity index (χ1n) is 6.89. The number of ether oxygens (including phenoxy) is 2. The van der Waals surface area contributed by atoms with Crippen LogP contribution in [-0.4, -0.2) is 17.1 Å². The molecule has 0 unspecified atom stereocenters.